The zero-order chi connectivity index (χ0) is 13.2. The van der Waals surface area contributed by atoms with Gasteiger partial charge in [0, 0.05) is 13.2 Å². The van der Waals surface area contributed by atoms with Crippen LogP contribution in [-0.2, 0) is 14.2 Å². The highest BCUT2D eigenvalue weighted by Crippen LogP contribution is 2.18. The lowest BCUT2D eigenvalue weighted by Crippen LogP contribution is -1.97. The average Bonchev–Trinajstić information content (AvgIpc) is 3.28. The molecule has 2 aliphatic heterocycles. The van der Waals surface area contributed by atoms with Crippen LogP contribution in [0.1, 0.15) is 64.2 Å². The molecule has 0 aromatic heterocycles. The summed E-state index contributed by atoms with van der Waals surface area (Å²) in [6.45, 7) is 3.93. The van der Waals surface area contributed by atoms with Gasteiger partial charge in [-0.3, -0.25) is 0 Å². The van der Waals surface area contributed by atoms with Gasteiger partial charge < -0.3 is 14.2 Å². The maximum Gasteiger partial charge on any atom is 0.0810 e. The van der Waals surface area contributed by atoms with Crippen molar-refractivity contribution in [3.63, 3.8) is 0 Å². The molecule has 2 atom stereocenters. The van der Waals surface area contributed by atoms with Crippen molar-refractivity contribution in [2.45, 2.75) is 76.4 Å². The van der Waals surface area contributed by atoms with Gasteiger partial charge in [0.2, 0.25) is 0 Å². The zero-order valence-corrected chi connectivity index (χ0v) is 12.3. The van der Waals surface area contributed by atoms with Gasteiger partial charge in [-0.25, -0.2) is 0 Å². The maximum atomic E-state index is 5.66. The van der Waals surface area contributed by atoms with Gasteiger partial charge in [0.15, 0.2) is 0 Å². The normalized spacial score (nSPS) is 24.6. The summed E-state index contributed by atoms with van der Waals surface area (Å²) < 4.78 is 16.1. The molecule has 0 aromatic rings. The highest BCUT2D eigenvalue weighted by molar-refractivity contribution is 4.68. The summed E-state index contributed by atoms with van der Waals surface area (Å²) in [5.74, 6) is 0. The molecule has 0 spiro atoms. The van der Waals surface area contributed by atoms with E-state index in [9.17, 15) is 0 Å². The van der Waals surface area contributed by atoms with Crippen molar-refractivity contribution in [2.75, 3.05) is 26.4 Å². The Hall–Kier alpha value is -0.120. The molecule has 0 saturated carbocycles. The van der Waals surface area contributed by atoms with Crippen LogP contribution >= 0.6 is 0 Å². The van der Waals surface area contributed by atoms with E-state index in [2.05, 4.69) is 0 Å². The molecular weight excluding hydrogens is 240 g/mol. The number of rotatable bonds is 14. The highest BCUT2D eigenvalue weighted by atomic mass is 16.6. The van der Waals surface area contributed by atoms with E-state index in [1.165, 1.54) is 64.2 Å². The minimum Gasteiger partial charge on any atom is -0.381 e. The lowest BCUT2D eigenvalue weighted by molar-refractivity contribution is 0.125. The van der Waals surface area contributed by atoms with E-state index in [-0.39, 0.29) is 0 Å². The molecule has 2 fully saturated rings. The molecule has 0 N–H and O–H groups in total. The molecule has 2 unspecified atom stereocenters. The first-order valence-electron chi connectivity index (χ1n) is 8.26. The predicted octanol–water partition coefficient (Wildman–Crippen LogP) is 3.70. The molecule has 0 bridgehead atoms. The van der Waals surface area contributed by atoms with Crippen LogP contribution in [0.25, 0.3) is 0 Å². The van der Waals surface area contributed by atoms with Crippen LogP contribution in [0.15, 0.2) is 0 Å². The quantitative estimate of drug-likeness (QED) is 0.356. The number of ether oxygens (including phenoxy) is 3. The van der Waals surface area contributed by atoms with Crippen LogP contribution in [0.3, 0.4) is 0 Å². The Morgan fingerprint density at radius 3 is 1.47 bits per heavy atom. The molecule has 2 heterocycles. The monoisotopic (exact) mass is 270 g/mol. The van der Waals surface area contributed by atoms with E-state index in [0.717, 1.165) is 26.4 Å². The summed E-state index contributed by atoms with van der Waals surface area (Å²) in [6, 6.07) is 0. The van der Waals surface area contributed by atoms with Gasteiger partial charge in [0.05, 0.1) is 25.4 Å². The third-order valence-corrected chi connectivity index (χ3v) is 3.93. The van der Waals surface area contributed by atoms with Crippen molar-refractivity contribution in [3.8, 4) is 0 Å². The van der Waals surface area contributed by atoms with Crippen LogP contribution in [0, 0.1) is 0 Å². The lowest BCUT2D eigenvalue weighted by Gasteiger charge is -2.04. The average molecular weight is 270 g/mol. The van der Waals surface area contributed by atoms with Gasteiger partial charge in [0.25, 0.3) is 0 Å². The van der Waals surface area contributed by atoms with Crippen molar-refractivity contribution in [3.05, 3.63) is 0 Å². The van der Waals surface area contributed by atoms with Gasteiger partial charge in [-0.1, -0.05) is 38.5 Å². The maximum absolute atomic E-state index is 5.66. The largest absolute Gasteiger partial charge is 0.381 e. The molecule has 19 heavy (non-hydrogen) atoms. The minimum atomic E-state index is 0.614. The molecule has 112 valence electrons. The number of hydrogen-bond donors (Lipinski definition) is 0. The van der Waals surface area contributed by atoms with Crippen molar-refractivity contribution in [1.29, 1.82) is 0 Å². The van der Waals surface area contributed by atoms with Gasteiger partial charge in [-0.05, 0) is 25.7 Å². The Kier molecular flexibility index (Phi) is 7.82. The van der Waals surface area contributed by atoms with E-state index in [4.69, 9.17) is 14.2 Å². The topological polar surface area (TPSA) is 34.3 Å². The number of epoxide rings is 2. The van der Waals surface area contributed by atoms with Crippen LogP contribution in [0.2, 0.25) is 0 Å². The molecule has 2 rings (SSSR count). The molecular formula is C16H30O3. The van der Waals surface area contributed by atoms with E-state index in [1.54, 1.807) is 0 Å². The second-order valence-electron chi connectivity index (χ2n) is 5.93. The SMILES string of the molecule is C(CCCC1CO1)CCOCCCCCCC1CO1. The van der Waals surface area contributed by atoms with Crippen molar-refractivity contribution < 1.29 is 14.2 Å². The third-order valence-electron chi connectivity index (χ3n) is 3.93. The Morgan fingerprint density at radius 2 is 1.05 bits per heavy atom. The van der Waals surface area contributed by atoms with Crippen molar-refractivity contribution >= 4 is 0 Å². The van der Waals surface area contributed by atoms with E-state index >= 15 is 0 Å². The summed E-state index contributed by atoms with van der Waals surface area (Å²) >= 11 is 0. The highest BCUT2D eigenvalue weighted by Gasteiger charge is 2.21. The first-order chi connectivity index (χ1) is 9.45. The molecule has 0 aromatic carbocycles. The van der Waals surface area contributed by atoms with Gasteiger partial charge in [-0.15, -0.1) is 0 Å². The van der Waals surface area contributed by atoms with E-state index in [0.29, 0.717) is 12.2 Å². The van der Waals surface area contributed by atoms with Crippen LogP contribution < -0.4 is 0 Å². The summed E-state index contributed by atoms with van der Waals surface area (Å²) in [5.41, 5.74) is 0. The minimum absolute atomic E-state index is 0.614. The fourth-order valence-electron chi connectivity index (χ4n) is 2.43. The van der Waals surface area contributed by atoms with E-state index in [1.807, 2.05) is 0 Å². The fraction of sp³-hybridized carbons (Fsp3) is 1.00. The third kappa shape index (κ3) is 9.42. The predicted molar refractivity (Wildman–Crippen MR) is 76.5 cm³/mol. The van der Waals surface area contributed by atoms with Gasteiger partial charge in [0.1, 0.15) is 0 Å². The smallest absolute Gasteiger partial charge is 0.0810 e. The van der Waals surface area contributed by atoms with Crippen LogP contribution in [0.5, 0.6) is 0 Å². The summed E-state index contributed by atoms with van der Waals surface area (Å²) in [7, 11) is 0. The zero-order valence-electron chi connectivity index (χ0n) is 12.3. The Morgan fingerprint density at radius 1 is 0.632 bits per heavy atom. The summed E-state index contributed by atoms with van der Waals surface area (Å²) in [4.78, 5) is 0. The Balaban J connectivity index is 1.18. The molecule has 2 saturated heterocycles. The second kappa shape index (κ2) is 9.73. The molecule has 0 aliphatic carbocycles. The second-order valence-corrected chi connectivity index (χ2v) is 5.93. The fourth-order valence-corrected chi connectivity index (χ4v) is 2.43. The van der Waals surface area contributed by atoms with E-state index < -0.39 is 0 Å². The summed E-state index contributed by atoms with van der Waals surface area (Å²) in [5, 5.41) is 0. The number of hydrogen-bond acceptors (Lipinski definition) is 3. The number of unbranched alkanes of at least 4 members (excludes halogenated alkanes) is 6. The Labute approximate surface area is 118 Å². The molecule has 0 amide bonds. The molecule has 3 nitrogen and oxygen atoms in total. The van der Waals surface area contributed by atoms with Gasteiger partial charge >= 0.3 is 0 Å². The van der Waals surface area contributed by atoms with Crippen LogP contribution in [-0.4, -0.2) is 38.6 Å². The summed E-state index contributed by atoms with van der Waals surface area (Å²) in [6.07, 6.45) is 14.2. The first-order valence-corrected chi connectivity index (χ1v) is 8.26. The lowest BCUT2D eigenvalue weighted by atomic mass is 10.1. The van der Waals surface area contributed by atoms with Crippen molar-refractivity contribution in [2.24, 2.45) is 0 Å². The molecule has 0 radical (unpaired) electrons. The standard InChI is InChI=1S/C16H30O3/c1(5-9-15-13-18-15)3-7-11-17-12-8-4-2-6-10-16-14-19-16/h15-16H,1-14H2. The molecule has 2 aliphatic rings. The first kappa shape index (κ1) is 15.3. The molecule has 3 heteroatoms. The Bertz CT molecular complexity index is 190. The van der Waals surface area contributed by atoms with Gasteiger partial charge in [-0.2, -0.15) is 0 Å². The van der Waals surface area contributed by atoms with Crippen molar-refractivity contribution in [1.82, 2.24) is 0 Å². The van der Waals surface area contributed by atoms with Crippen LogP contribution in [0.4, 0.5) is 0 Å².